The number of benzene rings is 1. The van der Waals surface area contributed by atoms with Crippen LogP contribution in [0.4, 0.5) is 0 Å². The number of rotatable bonds is 6. The Morgan fingerprint density at radius 2 is 2.00 bits per heavy atom. The zero-order valence-corrected chi connectivity index (χ0v) is 17.4. The minimum Gasteiger partial charge on any atom is -0.493 e. The van der Waals surface area contributed by atoms with E-state index in [1.54, 1.807) is 17.2 Å². The second kappa shape index (κ2) is 10.1. The first-order valence-corrected chi connectivity index (χ1v) is 10.2. The number of aromatic nitrogens is 1. The van der Waals surface area contributed by atoms with Crippen molar-refractivity contribution in [3.05, 3.63) is 52.8 Å². The van der Waals surface area contributed by atoms with Crippen LogP contribution in [0.15, 0.2) is 47.1 Å². The molecule has 3 rings (SSSR count). The van der Waals surface area contributed by atoms with Gasteiger partial charge in [-0.3, -0.25) is 25.2 Å². The van der Waals surface area contributed by atoms with Crippen molar-refractivity contribution in [2.24, 2.45) is 5.92 Å². The summed E-state index contributed by atoms with van der Waals surface area (Å²) in [4.78, 5) is 41.3. The summed E-state index contributed by atoms with van der Waals surface area (Å²) in [6.45, 7) is 1.24. The van der Waals surface area contributed by atoms with Crippen LogP contribution in [0.3, 0.4) is 0 Å². The molecule has 1 aliphatic heterocycles. The van der Waals surface area contributed by atoms with Gasteiger partial charge in [-0.25, -0.2) is 0 Å². The van der Waals surface area contributed by atoms with Crippen LogP contribution in [-0.2, 0) is 9.59 Å². The summed E-state index contributed by atoms with van der Waals surface area (Å²) in [5.74, 6) is -0.425. The van der Waals surface area contributed by atoms with Crippen molar-refractivity contribution in [2.45, 2.75) is 19.3 Å². The summed E-state index contributed by atoms with van der Waals surface area (Å²) in [5.41, 5.74) is 5.17. The molecule has 2 aromatic rings. The topological polar surface area (TPSA) is 104 Å². The van der Waals surface area contributed by atoms with E-state index in [1.807, 2.05) is 30.3 Å². The fraction of sp³-hybridized carbons (Fsp3) is 0.350. The van der Waals surface area contributed by atoms with E-state index in [2.05, 4.69) is 31.8 Å². The second-order valence-corrected chi connectivity index (χ2v) is 7.68. The molecule has 8 nitrogen and oxygen atoms in total. The van der Waals surface area contributed by atoms with Crippen LogP contribution in [0.2, 0.25) is 0 Å². The number of piperidine rings is 1. The molecule has 1 aliphatic rings. The van der Waals surface area contributed by atoms with E-state index in [-0.39, 0.29) is 30.8 Å². The molecule has 0 saturated carbocycles. The Hall–Kier alpha value is -2.81. The van der Waals surface area contributed by atoms with Crippen molar-refractivity contribution in [1.82, 2.24) is 20.7 Å². The fourth-order valence-corrected chi connectivity index (χ4v) is 3.48. The lowest BCUT2D eigenvalue weighted by Crippen LogP contribution is -2.50. The number of amides is 3. The summed E-state index contributed by atoms with van der Waals surface area (Å²) < 4.78 is 6.31. The van der Waals surface area contributed by atoms with Gasteiger partial charge in [-0.1, -0.05) is 18.2 Å². The van der Waals surface area contributed by atoms with E-state index < -0.39 is 5.91 Å². The number of nitrogens with zero attached hydrogens (tertiary/aromatic N) is 1. The van der Waals surface area contributed by atoms with Crippen LogP contribution in [0.5, 0.6) is 5.75 Å². The first-order chi connectivity index (χ1) is 14.0. The third kappa shape index (κ3) is 6.08. The van der Waals surface area contributed by atoms with Crippen molar-refractivity contribution in [1.29, 1.82) is 0 Å². The number of carbonyl (C=O) groups excluding carboxylic acids is 3. The zero-order valence-electron chi connectivity index (χ0n) is 15.8. The van der Waals surface area contributed by atoms with Gasteiger partial charge in [-0.2, -0.15) is 0 Å². The third-order valence-electron chi connectivity index (χ3n) is 4.66. The number of likely N-dealkylation sites (tertiary alicyclic amines) is 1. The van der Waals surface area contributed by atoms with E-state index in [1.165, 1.54) is 0 Å². The highest BCUT2D eigenvalue weighted by Crippen LogP contribution is 2.18. The summed E-state index contributed by atoms with van der Waals surface area (Å²) >= 11 is 3.25. The molecule has 9 heteroatoms. The normalized spacial score (nSPS) is 16.2. The highest BCUT2D eigenvalue weighted by Gasteiger charge is 2.28. The molecular formula is C20H23BrN4O4. The minimum atomic E-state index is -0.439. The SMILES string of the molecule is O=C(NNC(=O)C1CCCN(C(=O)CCOc2ccccc2)C1)c1cc(Br)c[nH]1. The number of para-hydroxylation sites is 1. The van der Waals surface area contributed by atoms with Crippen LogP contribution in [0.1, 0.15) is 29.8 Å². The van der Waals surface area contributed by atoms with Crippen molar-refractivity contribution in [2.75, 3.05) is 19.7 Å². The molecule has 3 N–H and O–H groups in total. The van der Waals surface area contributed by atoms with Gasteiger partial charge >= 0.3 is 0 Å². The van der Waals surface area contributed by atoms with Gasteiger partial charge < -0.3 is 14.6 Å². The van der Waals surface area contributed by atoms with Crippen LogP contribution in [0, 0.1) is 5.92 Å². The monoisotopic (exact) mass is 462 g/mol. The second-order valence-electron chi connectivity index (χ2n) is 6.77. The molecule has 1 atom stereocenters. The highest BCUT2D eigenvalue weighted by molar-refractivity contribution is 9.10. The number of ether oxygens (including phenoxy) is 1. The zero-order chi connectivity index (χ0) is 20.6. The fourth-order valence-electron chi connectivity index (χ4n) is 3.14. The standard InChI is InChI=1S/C20H23BrN4O4/c21-15-11-17(22-12-15)20(28)24-23-19(27)14-5-4-9-25(13-14)18(26)8-10-29-16-6-2-1-3-7-16/h1-3,6-7,11-12,14,22H,4-5,8-10,13H2,(H,23,27)(H,24,28). The van der Waals surface area contributed by atoms with Crippen molar-refractivity contribution in [3.8, 4) is 5.75 Å². The molecule has 1 fully saturated rings. The van der Waals surface area contributed by atoms with Gasteiger partial charge in [-0.05, 0) is 47.0 Å². The van der Waals surface area contributed by atoms with Gasteiger partial charge in [0.1, 0.15) is 11.4 Å². The quantitative estimate of drug-likeness (QED) is 0.572. The average Bonchev–Trinajstić information content (AvgIpc) is 3.19. The smallest absolute Gasteiger partial charge is 0.286 e. The van der Waals surface area contributed by atoms with Crippen molar-refractivity contribution < 1.29 is 19.1 Å². The van der Waals surface area contributed by atoms with Gasteiger partial charge in [0.05, 0.1) is 18.9 Å². The van der Waals surface area contributed by atoms with Crippen LogP contribution in [-0.4, -0.2) is 47.3 Å². The van der Waals surface area contributed by atoms with Gasteiger partial charge in [0.15, 0.2) is 0 Å². The summed E-state index contributed by atoms with van der Waals surface area (Å²) in [6, 6.07) is 10.9. The number of hydrazine groups is 1. The van der Waals surface area contributed by atoms with Crippen molar-refractivity contribution in [3.63, 3.8) is 0 Å². The highest BCUT2D eigenvalue weighted by atomic mass is 79.9. The maximum absolute atomic E-state index is 12.4. The van der Waals surface area contributed by atoms with E-state index in [9.17, 15) is 14.4 Å². The number of aromatic amines is 1. The number of carbonyl (C=O) groups is 3. The molecule has 1 unspecified atom stereocenters. The van der Waals surface area contributed by atoms with Crippen LogP contribution < -0.4 is 15.6 Å². The lowest BCUT2D eigenvalue weighted by Gasteiger charge is -2.32. The molecular weight excluding hydrogens is 440 g/mol. The van der Waals surface area contributed by atoms with Gasteiger partial charge in [0, 0.05) is 23.8 Å². The van der Waals surface area contributed by atoms with Crippen molar-refractivity contribution >= 4 is 33.7 Å². The van der Waals surface area contributed by atoms with Crippen LogP contribution >= 0.6 is 15.9 Å². The minimum absolute atomic E-state index is 0.0429. The molecule has 0 radical (unpaired) electrons. The lowest BCUT2D eigenvalue weighted by molar-refractivity contribution is -0.136. The average molecular weight is 463 g/mol. The Morgan fingerprint density at radius 3 is 2.72 bits per heavy atom. The molecule has 2 heterocycles. The largest absolute Gasteiger partial charge is 0.493 e. The number of halogens is 1. The first kappa shape index (κ1) is 20.9. The number of hydrogen-bond acceptors (Lipinski definition) is 4. The van der Waals surface area contributed by atoms with E-state index in [4.69, 9.17) is 4.74 Å². The van der Waals surface area contributed by atoms with E-state index >= 15 is 0 Å². The Kier molecular flexibility index (Phi) is 7.29. The lowest BCUT2D eigenvalue weighted by atomic mass is 9.97. The summed E-state index contributed by atoms with van der Waals surface area (Å²) in [5, 5.41) is 0. The number of H-pyrrole nitrogens is 1. The van der Waals surface area contributed by atoms with E-state index in [0.717, 1.165) is 16.6 Å². The number of nitrogens with one attached hydrogen (secondary N) is 3. The summed E-state index contributed by atoms with van der Waals surface area (Å²) in [6.07, 6.45) is 3.28. The Bertz CT molecular complexity index is 855. The third-order valence-corrected chi connectivity index (χ3v) is 5.12. The van der Waals surface area contributed by atoms with E-state index in [0.29, 0.717) is 25.2 Å². The molecule has 3 amide bonds. The molecule has 1 saturated heterocycles. The molecule has 0 bridgehead atoms. The number of hydrogen-bond donors (Lipinski definition) is 3. The molecule has 0 aliphatic carbocycles. The Morgan fingerprint density at radius 1 is 1.21 bits per heavy atom. The predicted molar refractivity (Wildman–Crippen MR) is 110 cm³/mol. The molecule has 29 heavy (non-hydrogen) atoms. The molecule has 154 valence electrons. The maximum atomic E-state index is 12.4. The molecule has 1 aromatic heterocycles. The predicted octanol–water partition coefficient (Wildman–Crippen LogP) is 2.25. The van der Waals surface area contributed by atoms with Crippen LogP contribution in [0.25, 0.3) is 0 Å². The first-order valence-electron chi connectivity index (χ1n) is 9.42. The molecule has 0 spiro atoms. The molecule has 1 aromatic carbocycles. The van der Waals surface area contributed by atoms with Gasteiger partial charge in [0.2, 0.25) is 11.8 Å². The van der Waals surface area contributed by atoms with Gasteiger partial charge in [-0.15, -0.1) is 0 Å². The van der Waals surface area contributed by atoms with Gasteiger partial charge in [0.25, 0.3) is 5.91 Å². The summed E-state index contributed by atoms with van der Waals surface area (Å²) in [7, 11) is 0. The maximum Gasteiger partial charge on any atom is 0.286 e. The Balaban J connectivity index is 1.42. The Labute approximate surface area is 177 Å².